The maximum absolute atomic E-state index is 13.0. The lowest BCUT2D eigenvalue weighted by Crippen LogP contribution is -2.42. The molecule has 0 atom stereocenters. The van der Waals surface area contributed by atoms with E-state index in [2.05, 4.69) is 12.1 Å². The van der Waals surface area contributed by atoms with Crippen molar-refractivity contribution in [2.24, 2.45) is 0 Å². The van der Waals surface area contributed by atoms with Crippen molar-refractivity contribution < 1.29 is 14.1 Å². The van der Waals surface area contributed by atoms with Crippen molar-refractivity contribution in [3.63, 3.8) is 0 Å². The number of carbonyl (C=O) groups excluding carboxylic acids is 1. The molecular weight excluding hydrogens is 322 g/mol. The average Bonchev–Trinajstić information content (AvgIpc) is 2.69. The van der Waals surface area contributed by atoms with Gasteiger partial charge in [0, 0.05) is 11.6 Å². The summed E-state index contributed by atoms with van der Waals surface area (Å²) in [5.41, 5.74) is 1.68. The zero-order chi connectivity index (χ0) is 17.8. The number of fused-ring (bicyclic) bond motifs is 1. The van der Waals surface area contributed by atoms with E-state index in [1.54, 1.807) is 12.1 Å². The molecule has 0 radical (unpaired) electrons. The maximum atomic E-state index is 13.0. The molecular formula is C23H18NO2+. The summed E-state index contributed by atoms with van der Waals surface area (Å²) in [4.78, 5) is 13.0. The zero-order valence-electron chi connectivity index (χ0n) is 14.2. The van der Waals surface area contributed by atoms with E-state index in [0.29, 0.717) is 18.0 Å². The van der Waals surface area contributed by atoms with Crippen LogP contribution in [0.1, 0.15) is 16.1 Å². The summed E-state index contributed by atoms with van der Waals surface area (Å²) in [6.07, 6.45) is 1.94. The van der Waals surface area contributed by atoms with Gasteiger partial charge in [-0.2, -0.15) is 4.57 Å². The van der Waals surface area contributed by atoms with E-state index < -0.39 is 0 Å². The van der Waals surface area contributed by atoms with E-state index in [9.17, 15) is 4.79 Å². The second-order valence-electron chi connectivity index (χ2n) is 6.07. The highest BCUT2D eigenvalue weighted by Crippen LogP contribution is 2.18. The van der Waals surface area contributed by atoms with Crippen molar-refractivity contribution in [2.75, 3.05) is 0 Å². The second kappa shape index (κ2) is 7.19. The molecule has 0 fully saturated rings. The zero-order valence-corrected chi connectivity index (χ0v) is 14.2. The Morgan fingerprint density at radius 3 is 2.19 bits per heavy atom. The molecule has 0 spiro atoms. The highest BCUT2D eigenvalue weighted by molar-refractivity contribution is 6.01. The van der Waals surface area contributed by atoms with Crippen LogP contribution in [0.3, 0.4) is 0 Å². The molecule has 0 amide bonds. The molecule has 0 N–H and O–H groups in total. The largest absolute Gasteiger partial charge is 0.419 e. The molecule has 4 aromatic rings. The quantitative estimate of drug-likeness (QED) is 0.313. The Morgan fingerprint density at radius 1 is 0.769 bits per heavy atom. The minimum atomic E-state index is -0.357. The summed E-state index contributed by atoms with van der Waals surface area (Å²) >= 11 is 0. The van der Waals surface area contributed by atoms with Crippen molar-refractivity contribution in [1.82, 2.24) is 0 Å². The Kier molecular flexibility index (Phi) is 4.44. The lowest BCUT2D eigenvalue weighted by Gasteiger charge is -2.08. The van der Waals surface area contributed by atoms with Crippen LogP contribution in [0.2, 0.25) is 0 Å². The minimum Gasteiger partial charge on any atom is -0.419 e. The molecule has 3 heteroatoms. The second-order valence-corrected chi connectivity index (χ2v) is 6.07. The predicted molar refractivity (Wildman–Crippen MR) is 101 cm³/mol. The number of ether oxygens (including phenoxy) is 1. The van der Waals surface area contributed by atoms with Gasteiger partial charge < -0.3 is 4.74 Å². The van der Waals surface area contributed by atoms with E-state index in [1.807, 2.05) is 77.5 Å². The summed E-state index contributed by atoms with van der Waals surface area (Å²) in [6, 6.07) is 29.1. The monoisotopic (exact) mass is 340 g/mol. The van der Waals surface area contributed by atoms with Crippen molar-refractivity contribution in [3.8, 4) is 5.75 Å². The van der Waals surface area contributed by atoms with Crippen LogP contribution in [-0.4, -0.2) is 5.97 Å². The Bertz CT molecular complexity index is 1040. The summed E-state index contributed by atoms with van der Waals surface area (Å²) in [5, 5.41) is 1.89. The van der Waals surface area contributed by atoms with Crippen molar-refractivity contribution in [2.45, 2.75) is 6.54 Å². The molecule has 0 saturated carbocycles. The molecule has 126 valence electrons. The van der Waals surface area contributed by atoms with Gasteiger partial charge in [0.2, 0.25) is 0 Å². The number of esters is 1. The first-order valence-corrected chi connectivity index (χ1v) is 8.53. The van der Waals surface area contributed by atoms with Crippen molar-refractivity contribution in [3.05, 3.63) is 108 Å². The van der Waals surface area contributed by atoms with Gasteiger partial charge in [-0.15, -0.1) is 0 Å². The molecule has 0 saturated heterocycles. The molecule has 1 aromatic heterocycles. The molecule has 0 unspecified atom stereocenters. The Balaban J connectivity index is 1.79. The number of aromatic nitrogens is 1. The van der Waals surface area contributed by atoms with E-state index >= 15 is 0 Å². The SMILES string of the molecule is O=C(Oc1ccccc1)c1c2ccccc2cc[n+]1Cc1ccccc1. The minimum absolute atomic E-state index is 0.357. The number of nitrogens with zero attached hydrogens (tertiary/aromatic N) is 1. The molecule has 3 aromatic carbocycles. The van der Waals surface area contributed by atoms with Gasteiger partial charge in [0.1, 0.15) is 5.75 Å². The summed E-state index contributed by atoms with van der Waals surface area (Å²) in [5.74, 6) is 0.181. The van der Waals surface area contributed by atoms with Crippen LogP contribution in [0.25, 0.3) is 10.8 Å². The van der Waals surface area contributed by atoms with Gasteiger partial charge in [-0.25, -0.2) is 4.79 Å². The Morgan fingerprint density at radius 2 is 1.42 bits per heavy atom. The molecule has 26 heavy (non-hydrogen) atoms. The molecule has 0 aliphatic carbocycles. The average molecular weight is 340 g/mol. The first kappa shape index (κ1) is 16.0. The number of carbonyl (C=O) groups is 1. The number of rotatable bonds is 4. The van der Waals surface area contributed by atoms with Crippen LogP contribution in [0.15, 0.2) is 97.2 Å². The van der Waals surface area contributed by atoms with Gasteiger partial charge in [-0.3, -0.25) is 0 Å². The topological polar surface area (TPSA) is 30.2 Å². The van der Waals surface area contributed by atoms with Crippen LogP contribution < -0.4 is 9.30 Å². The molecule has 1 heterocycles. The number of benzene rings is 3. The van der Waals surface area contributed by atoms with E-state index in [-0.39, 0.29) is 5.97 Å². The smallest absolute Gasteiger partial charge is 0.409 e. The number of hydrogen-bond donors (Lipinski definition) is 0. The number of hydrogen-bond acceptors (Lipinski definition) is 2. The molecule has 0 bridgehead atoms. The highest BCUT2D eigenvalue weighted by atomic mass is 16.5. The number of pyridine rings is 1. The molecule has 0 aliphatic rings. The summed E-state index contributed by atoms with van der Waals surface area (Å²) in [6.45, 7) is 0.602. The first-order valence-electron chi connectivity index (χ1n) is 8.53. The van der Waals surface area contributed by atoms with Crippen LogP contribution >= 0.6 is 0 Å². The van der Waals surface area contributed by atoms with Crippen molar-refractivity contribution in [1.29, 1.82) is 0 Å². The van der Waals surface area contributed by atoms with Crippen molar-refractivity contribution >= 4 is 16.7 Å². The normalized spacial score (nSPS) is 10.6. The van der Waals surface area contributed by atoms with Gasteiger partial charge in [0.05, 0.1) is 5.39 Å². The molecule has 3 nitrogen and oxygen atoms in total. The summed E-state index contributed by atoms with van der Waals surface area (Å²) in [7, 11) is 0. The van der Waals surface area contributed by atoms with Crippen LogP contribution in [-0.2, 0) is 6.54 Å². The van der Waals surface area contributed by atoms with Gasteiger partial charge >= 0.3 is 5.97 Å². The fraction of sp³-hybridized carbons (Fsp3) is 0.0435. The van der Waals surface area contributed by atoms with Gasteiger partial charge in [0.15, 0.2) is 12.7 Å². The van der Waals surface area contributed by atoms with E-state index in [0.717, 1.165) is 16.3 Å². The first-order chi connectivity index (χ1) is 12.8. The standard InChI is InChI=1S/C23H18NO2/c25-23(26-20-12-5-2-6-13-20)22-21-14-8-7-11-19(21)15-16-24(22)17-18-9-3-1-4-10-18/h1-16H,17H2/q+1. The number of para-hydroxylation sites is 1. The maximum Gasteiger partial charge on any atom is 0.409 e. The fourth-order valence-electron chi connectivity index (χ4n) is 3.04. The lowest BCUT2D eigenvalue weighted by molar-refractivity contribution is -0.689. The van der Waals surface area contributed by atoms with Crippen LogP contribution in [0.4, 0.5) is 0 Å². The Labute approximate surface area is 152 Å². The van der Waals surface area contributed by atoms with Gasteiger partial charge in [0.25, 0.3) is 5.69 Å². The third-order valence-corrected chi connectivity index (χ3v) is 4.28. The van der Waals surface area contributed by atoms with Crippen LogP contribution in [0, 0.1) is 0 Å². The molecule has 0 aliphatic heterocycles. The van der Waals surface area contributed by atoms with Gasteiger partial charge in [-0.1, -0.05) is 66.7 Å². The third kappa shape index (κ3) is 3.33. The summed E-state index contributed by atoms with van der Waals surface area (Å²) < 4.78 is 7.57. The van der Waals surface area contributed by atoms with Gasteiger partial charge in [-0.05, 0) is 23.6 Å². The predicted octanol–water partition coefficient (Wildman–Crippen LogP) is 4.39. The molecule has 4 rings (SSSR count). The van der Waals surface area contributed by atoms with E-state index in [4.69, 9.17) is 4.74 Å². The fourth-order valence-corrected chi connectivity index (χ4v) is 3.04. The Hall–Kier alpha value is -3.46. The van der Waals surface area contributed by atoms with E-state index in [1.165, 1.54) is 0 Å². The van der Waals surface area contributed by atoms with Crippen LogP contribution in [0.5, 0.6) is 5.75 Å². The third-order valence-electron chi connectivity index (χ3n) is 4.28. The highest BCUT2D eigenvalue weighted by Gasteiger charge is 2.25. The lowest BCUT2D eigenvalue weighted by atomic mass is 10.1.